The molecule has 0 bridgehead atoms. The molecule has 1 atom stereocenters. The molecule has 2 heterocycles. The highest BCUT2D eigenvalue weighted by molar-refractivity contribution is 7.19. The number of nitrogens with zero attached hydrogens (tertiary/aromatic N) is 2. The van der Waals surface area contributed by atoms with Gasteiger partial charge in [0.25, 0.3) is 0 Å². The summed E-state index contributed by atoms with van der Waals surface area (Å²) in [5, 5.41) is 0.744. The summed E-state index contributed by atoms with van der Waals surface area (Å²) in [6, 6.07) is 0.430. The molecular formula is C14H21N3O3S. The van der Waals surface area contributed by atoms with Gasteiger partial charge in [0.1, 0.15) is 10.6 Å². The van der Waals surface area contributed by atoms with Crippen molar-refractivity contribution in [3.8, 4) is 0 Å². The minimum atomic E-state index is -0.487. The summed E-state index contributed by atoms with van der Waals surface area (Å²) in [7, 11) is 5.40. The van der Waals surface area contributed by atoms with Gasteiger partial charge in [-0.1, -0.05) is 0 Å². The number of ether oxygens (including phenoxy) is 1. The number of methoxy groups -OCH3 is 1. The highest BCUT2D eigenvalue weighted by atomic mass is 32.1. The summed E-state index contributed by atoms with van der Waals surface area (Å²) in [6.07, 6.45) is 1.01. The zero-order valence-corrected chi connectivity index (χ0v) is 13.6. The Morgan fingerprint density at radius 2 is 2.10 bits per heavy atom. The van der Waals surface area contributed by atoms with Crippen LogP contribution in [0.15, 0.2) is 0 Å². The number of thiophene rings is 1. The third-order valence-corrected chi connectivity index (χ3v) is 5.18. The lowest BCUT2D eigenvalue weighted by Crippen LogP contribution is -2.31. The Bertz CT molecular complexity index is 568. The van der Waals surface area contributed by atoms with Gasteiger partial charge in [0.2, 0.25) is 0 Å². The molecule has 0 spiro atoms. The van der Waals surface area contributed by atoms with E-state index in [4.69, 9.17) is 10.5 Å². The number of likely N-dealkylation sites (N-methyl/N-ethyl adjacent to an activating group) is 1. The first-order valence-electron chi connectivity index (χ1n) is 6.79. The summed E-state index contributed by atoms with van der Waals surface area (Å²) < 4.78 is 4.82. The molecule has 0 aromatic carbocycles. The quantitative estimate of drug-likeness (QED) is 0.670. The number of esters is 1. The van der Waals surface area contributed by atoms with Gasteiger partial charge >= 0.3 is 5.97 Å². The second-order valence-corrected chi connectivity index (χ2v) is 6.42. The van der Waals surface area contributed by atoms with Crippen LogP contribution in [0, 0.1) is 0 Å². The first-order chi connectivity index (χ1) is 9.86. The van der Waals surface area contributed by atoms with E-state index in [0.717, 1.165) is 24.5 Å². The number of ketones is 1. The van der Waals surface area contributed by atoms with E-state index in [1.165, 1.54) is 25.4 Å². The van der Waals surface area contributed by atoms with Crippen LogP contribution < -0.4 is 10.6 Å². The van der Waals surface area contributed by atoms with Crippen LogP contribution in [0.4, 0.5) is 10.7 Å². The minimum absolute atomic E-state index is 0.128. The fourth-order valence-electron chi connectivity index (χ4n) is 2.56. The molecule has 1 aliphatic rings. The number of rotatable bonds is 4. The number of anilines is 2. The summed E-state index contributed by atoms with van der Waals surface area (Å²) in [5.41, 5.74) is 6.56. The van der Waals surface area contributed by atoms with Crippen molar-refractivity contribution in [2.24, 2.45) is 0 Å². The number of carbonyl (C=O) groups excluding carboxylic acids is 2. The van der Waals surface area contributed by atoms with Gasteiger partial charge in [0, 0.05) is 26.1 Å². The highest BCUT2D eigenvalue weighted by Gasteiger charge is 2.32. The van der Waals surface area contributed by atoms with Gasteiger partial charge < -0.3 is 20.3 Å². The van der Waals surface area contributed by atoms with E-state index in [0.29, 0.717) is 16.5 Å². The predicted octanol–water partition coefficient (Wildman–Crippen LogP) is 1.46. The maximum Gasteiger partial charge on any atom is 0.343 e. The number of hydrogen-bond donors (Lipinski definition) is 1. The Hall–Kier alpha value is -1.60. The maximum atomic E-state index is 12.0. The molecule has 1 aromatic heterocycles. The van der Waals surface area contributed by atoms with Crippen molar-refractivity contribution in [1.82, 2.24) is 4.90 Å². The predicted molar refractivity (Wildman–Crippen MR) is 84.4 cm³/mol. The summed E-state index contributed by atoms with van der Waals surface area (Å²) in [6.45, 7) is 3.11. The molecule has 1 saturated heterocycles. The lowest BCUT2D eigenvalue weighted by molar-refractivity contribution is 0.0603. The van der Waals surface area contributed by atoms with Gasteiger partial charge in [-0.2, -0.15) is 0 Å². The average Bonchev–Trinajstić information content (AvgIpc) is 3.02. The van der Waals surface area contributed by atoms with Gasteiger partial charge in [-0.25, -0.2) is 4.79 Å². The zero-order valence-electron chi connectivity index (χ0n) is 12.8. The van der Waals surface area contributed by atoms with Crippen LogP contribution in [0.25, 0.3) is 0 Å². The van der Waals surface area contributed by atoms with Crippen LogP contribution in [-0.2, 0) is 4.74 Å². The first kappa shape index (κ1) is 15.8. The third kappa shape index (κ3) is 2.89. The van der Waals surface area contributed by atoms with Crippen LogP contribution in [0.5, 0.6) is 0 Å². The lowest BCUT2D eigenvalue weighted by atomic mass is 10.2. The van der Waals surface area contributed by atoms with E-state index in [-0.39, 0.29) is 11.5 Å². The topological polar surface area (TPSA) is 75.9 Å². The Kier molecular flexibility index (Phi) is 4.53. The molecule has 2 N–H and O–H groups in total. The van der Waals surface area contributed by atoms with Crippen molar-refractivity contribution in [1.29, 1.82) is 0 Å². The fourth-order valence-corrected chi connectivity index (χ4v) is 3.70. The van der Waals surface area contributed by atoms with Crippen molar-refractivity contribution < 1.29 is 14.3 Å². The van der Waals surface area contributed by atoms with Crippen LogP contribution in [-0.4, -0.2) is 57.0 Å². The summed E-state index contributed by atoms with van der Waals surface area (Å²) >= 11 is 1.28. The third-order valence-electron chi connectivity index (χ3n) is 3.82. The summed E-state index contributed by atoms with van der Waals surface area (Å²) in [4.78, 5) is 28.4. The Morgan fingerprint density at radius 1 is 1.43 bits per heavy atom. The molecular weight excluding hydrogens is 290 g/mol. The Labute approximate surface area is 128 Å². The lowest BCUT2D eigenvalue weighted by Gasteiger charge is -2.21. The normalized spacial score (nSPS) is 18.3. The van der Waals surface area contributed by atoms with E-state index < -0.39 is 5.97 Å². The van der Waals surface area contributed by atoms with Crippen molar-refractivity contribution in [2.75, 3.05) is 44.9 Å². The number of carbonyl (C=O) groups is 2. The zero-order chi connectivity index (χ0) is 15.7. The molecule has 1 aromatic rings. The monoisotopic (exact) mass is 311 g/mol. The summed E-state index contributed by atoms with van der Waals surface area (Å²) in [5.74, 6) is -0.614. The number of nitrogens with two attached hydrogens (primary N) is 1. The second-order valence-electron chi connectivity index (χ2n) is 5.42. The molecule has 2 rings (SSSR count). The van der Waals surface area contributed by atoms with Crippen LogP contribution in [0.2, 0.25) is 0 Å². The number of nitrogen functional groups attached to an aromatic ring is 1. The van der Waals surface area contributed by atoms with Gasteiger partial charge in [-0.15, -0.1) is 11.3 Å². The van der Waals surface area contributed by atoms with Crippen LogP contribution in [0.1, 0.15) is 33.4 Å². The van der Waals surface area contributed by atoms with E-state index in [9.17, 15) is 9.59 Å². The maximum absolute atomic E-state index is 12.0. The SMILES string of the molecule is COC(=O)c1c(N2CCC(N(C)C)C2)sc(C(C)=O)c1N. The molecule has 1 unspecified atom stereocenters. The molecule has 7 heteroatoms. The van der Waals surface area contributed by atoms with Crippen molar-refractivity contribution in [2.45, 2.75) is 19.4 Å². The molecule has 21 heavy (non-hydrogen) atoms. The molecule has 0 saturated carbocycles. The van der Waals surface area contributed by atoms with Crippen molar-refractivity contribution in [3.05, 3.63) is 10.4 Å². The van der Waals surface area contributed by atoms with Crippen LogP contribution >= 0.6 is 11.3 Å². The minimum Gasteiger partial charge on any atom is -0.465 e. The highest BCUT2D eigenvalue weighted by Crippen LogP contribution is 2.40. The molecule has 0 aliphatic carbocycles. The van der Waals surface area contributed by atoms with E-state index >= 15 is 0 Å². The molecule has 0 radical (unpaired) electrons. The number of hydrogen-bond acceptors (Lipinski definition) is 7. The van der Waals surface area contributed by atoms with E-state index in [1.54, 1.807) is 0 Å². The Balaban J connectivity index is 2.41. The fraction of sp³-hybridized carbons (Fsp3) is 0.571. The van der Waals surface area contributed by atoms with E-state index in [2.05, 4.69) is 9.80 Å². The molecule has 116 valence electrons. The average molecular weight is 311 g/mol. The van der Waals surface area contributed by atoms with Crippen molar-refractivity contribution in [3.63, 3.8) is 0 Å². The molecule has 6 nitrogen and oxygen atoms in total. The van der Waals surface area contributed by atoms with Gasteiger partial charge in [-0.05, 0) is 20.5 Å². The smallest absolute Gasteiger partial charge is 0.343 e. The van der Waals surface area contributed by atoms with Crippen molar-refractivity contribution >= 4 is 33.8 Å². The largest absolute Gasteiger partial charge is 0.465 e. The molecule has 0 amide bonds. The van der Waals surface area contributed by atoms with Gasteiger partial charge in [-0.3, -0.25) is 4.79 Å². The molecule has 1 fully saturated rings. The standard InChI is InChI=1S/C14H21N3O3S/c1-8(18)12-11(15)10(14(19)20-4)13(21-12)17-6-5-9(7-17)16(2)3/h9H,5-7,15H2,1-4H3. The number of Topliss-reactive ketones (excluding diaryl/α,β-unsaturated/α-hetero) is 1. The molecule has 1 aliphatic heterocycles. The van der Waals surface area contributed by atoms with E-state index in [1.807, 2.05) is 14.1 Å². The first-order valence-corrected chi connectivity index (χ1v) is 7.61. The van der Waals surface area contributed by atoms with Gasteiger partial charge in [0.05, 0.1) is 17.7 Å². The second kappa shape index (κ2) is 6.03. The Morgan fingerprint density at radius 3 is 2.57 bits per heavy atom. The van der Waals surface area contributed by atoms with Gasteiger partial charge in [0.15, 0.2) is 5.78 Å². The van der Waals surface area contributed by atoms with Crippen LogP contribution in [0.3, 0.4) is 0 Å².